The quantitative estimate of drug-likeness (QED) is 0.630. The van der Waals surface area contributed by atoms with Gasteiger partial charge in [0.15, 0.2) is 0 Å². The molecule has 2 atom stereocenters. The molecule has 4 saturated carbocycles. The van der Waals surface area contributed by atoms with Crippen molar-refractivity contribution in [3.8, 4) is 0 Å². The van der Waals surface area contributed by atoms with Gasteiger partial charge in [0.25, 0.3) is 0 Å². The molecule has 1 aromatic carbocycles. The zero-order valence-electron chi connectivity index (χ0n) is 15.7. The Morgan fingerprint density at radius 2 is 1.58 bits per heavy atom. The molecule has 0 radical (unpaired) electrons. The van der Waals surface area contributed by atoms with E-state index in [9.17, 15) is 0 Å². The first-order valence-electron chi connectivity index (χ1n) is 10.3. The smallest absolute Gasteiger partial charge is 0.0194 e. The molecule has 5 rings (SSSR count). The van der Waals surface area contributed by atoms with E-state index in [1.807, 2.05) is 0 Å². The molecule has 132 valence electrons. The Morgan fingerprint density at radius 1 is 0.875 bits per heavy atom. The van der Waals surface area contributed by atoms with Gasteiger partial charge in [0, 0.05) is 5.54 Å². The zero-order chi connectivity index (χ0) is 16.7. The van der Waals surface area contributed by atoms with Crippen molar-refractivity contribution in [3.05, 3.63) is 35.9 Å². The van der Waals surface area contributed by atoms with Gasteiger partial charge in [0.1, 0.15) is 0 Å². The molecule has 24 heavy (non-hydrogen) atoms. The lowest BCUT2D eigenvalue weighted by Gasteiger charge is -2.65. The first-order valence-corrected chi connectivity index (χ1v) is 10.3. The van der Waals surface area contributed by atoms with E-state index in [0.29, 0.717) is 16.4 Å². The van der Waals surface area contributed by atoms with E-state index in [0.717, 1.165) is 5.92 Å². The van der Waals surface area contributed by atoms with Crippen molar-refractivity contribution in [2.45, 2.75) is 83.6 Å². The second-order valence-electron chi connectivity index (χ2n) is 10.1. The molecule has 0 amide bonds. The van der Waals surface area contributed by atoms with Crippen LogP contribution in [-0.4, -0.2) is 12.1 Å². The summed E-state index contributed by atoms with van der Waals surface area (Å²) >= 11 is 0. The average molecular weight is 326 g/mol. The number of unbranched alkanes of at least 4 members (excludes halogenated alkanes) is 2. The minimum Gasteiger partial charge on any atom is -0.311 e. The minimum absolute atomic E-state index is 0.488. The maximum atomic E-state index is 4.08. The summed E-state index contributed by atoms with van der Waals surface area (Å²) in [7, 11) is 0. The van der Waals surface area contributed by atoms with E-state index >= 15 is 0 Å². The van der Waals surface area contributed by atoms with Gasteiger partial charge in [-0.05, 0) is 86.6 Å². The van der Waals surface area contributed by atoms with Crippen LogP contribution >= 0.6 is 0 Å². The number of nitrogens with one attached hydrogen (secondary N) is 1. The third kappa shape index (κ3) is 3.43. The number of hydrogen-bond acceptors (Lipinski definition) is 1. The SMILES string of the molecule is CC12CC3CC(C)(C1)CC(NCCCCCc1ccccc1)(C3)C2. The lowest BCUT2D eigenvalue weighted by atomic mass is 9.43. The molecule has 1 N–H and O–H groups in total. The summed E-state index contributed by atoms with van der Waals surface area (Å²) in [5.41, 5.74) is 3.25. The Bertz CT molecular complexity index is 545. The molecule has 4 fully saturated rings. The highest BCUT2D eigenvalue weighted by Gasteiger charge is 2.59. The van der Waals surface area contributed by atoms with Crippen molar-refractivity contribution in [1.82, 2.24) is 5.32 Å². The van der Waals surface area contributed by atoms with Crippen molar-refractivity contribution in [2.24, 2.45) is 16.7 Å². The minimum atomic E-state index is 0.488. The van der Waals surface area contributed by atoms with Gasteiger partial charge in [-0.25, -0.2) is 0 Å². The molecule has 2 unspecified atom stereocenters. The zero-order valence-corrected chi connectivity index (χ0v) is 15.7. The van der Waals surface area contributed by atoms with Gasteiger partial charge >= 0.3 is 0 Å². The maximum Gasteiger partial charge on any atom is 0.0194 e. The molecule has 1 heteroatoms. The van der Waals surface area contributed by atoms with E-state index < -0.39 is 0 Å². The van der Waals surface area contributed by atoms with E-state index in [1.54, 1.807) is 0 Å². The van der Waals surface area contributed by atoms with Crippen molar-refractivity contribution >= 4 is 0 Å². The van der Waals surface area contributed by atoms with Gasteiger partial charge in [0.05, 0.1) is 0 Å². The van der Waals surface area contributed by atoms with Crippen molar-refractivity contribution in [3.63, 3.8) is 0 Å². The molecule has 4 aliphatic carbocycles. The Labute approximate surface area is 148 Å². The van der Waals surface area contributed by atoms with Crippen LogP contribution in [0.25, 0.3) is 0 Å². The molecule has 0 aliphatic heterocycles. The van der Waals surface area contributed by atoms with E-state index in [4.69, 9.17) is 0 Å². The van der Waals surface area contributed by atoms with Crippen LogP contribution in [0.5, 0.6) is 0 Å². The van der Waals surface area contributed by atoms with Crippen LogP contribution in [0, 0.1) is 16.7 Å². The summed E-state index contributed by atoms with van der Waals surface area (Å²) in [4.78, 5) is 0. The maximum absolute atomic E-state index is 4.08. The second kappa shape index (κ2) is 6.16. The molecular weight excluding hydrogens is 290 g/mol. The van der Waals surface area contributed by atoms with Gasteiger partial charge < -0.3 is 5.32 Å². The predicted octanol–water partition coefficient (Wildman–Crippen LogP) is 5.74. The van der Waals surface area contributed by atoms with Gasteiger partial charge in [-0.3, -0.25) is 0 Å². The standard InChI is InChI=1S/C23H35N/c1-21-13-20-14-22(2,16-21)18-23(15-20,17-21)24-12-8-4-7-11-19-9-5-3-6-10-19/h3,5-6,9-10,20,24H,4,7-8,11-18H2,1-2H3. The molecule has 4 bridgehead atoms. The number of rotatable bonds is 7. The normalized spacial score (nSPS) is 40.2. The van der Waals surface area contributed by atoms with Crippen LogP contribution in [0.15, 0.2) is 30.3 Å². The molecular formula is C23H35N. The summed E-state index contributed by atoms with van der Waals surface area (Å²) in [6, 6.07) is 10.9. The van der Waals surface area contributed by atoms with Crippen molar-refractivity contribution < 1.29 is 0 Å². The fourth-order valence-corrected chi connectivity index (χ4v) is 7.27. The summed E-state index contributed by atoms with van der Waals surface area (Å²) in [5, 5.41) is 4.08. The van der Waals surface area contributed by atoms with Crippen LogP contribution < -0.4 is 5.32 Å². The van der Waals surface area contributed by atoms with Crippen LogP contribution in [0.2, 0.25) is 0 Å². The lowest BCUT2D eigenvalue weighted by Crippen LogP contribution is -2.64. The topological polar surface area (TPSA) is 12.0 Å². The largest absolute Gasteiger partial charge is 0.311 e. The highest BCUT2D eigenvalue weighted by molar-refractivity contribution is 5.15. The molecule has 0 heterocycles. The summed E-state index contributed by atoms with van der Waals surface area (Å²) in [6.07, 6.45) is 14.1. The van der Waals surface area contributed by atoms with E-state index in [1.165, 1.54) is 76.3 Å². The van der Waals surface area contributed by atoms with Crippen molar-refractivity contribution in [1.29, 1.82) is 0 Å². The first kappa shape index (κ1) is 16.6. The van der Waals surface area contributed by atoms with Gasteiger partial charge in [-0.15, -0.1) is 0 Å². The fourth-order valence-electron chi connectivity index (χ4n) is 7.27. The van der Waals surface area contributed by atoms with Crippen LogP contribution in [-0.2, 0) is 6.42 Å². The molecule has 1 nitrogen and oxygen atoms in total. The predicted molar refractivity (Wildman–Crippen MR) is 102 cm³/mol. The first-order chi connectivity index (χ1) is 11.5. The molecule has 0 saturated heterocycles. The second-order valence-corrected chi connectivity index (χ2v) is 10.1. The molecule has 1 aromatic rings. The van der Waals surface area contributed by atoms with Gasteiger partial charge in [0.2, 0.25) is 0 Å². The molecule has 0 aromatic heterocycles. The number of aryl methyl sites for hydroxylation is 1. The summed E-state index contributed by atoms with van der Waals surface area (Å²) in [5.74, 6) is 1.00. The third-order valence-electron chi connectivity index (χ3n) is 7.11. The number of benzene rings is 1. The Kier molecular flexibility index (Phi) is 4.27. The van der Waals surface area contributed by atoms with E-state index in [2.05, 4.69) is 49.5 Å². The van der Waals surface area contributed by atoms with Crippen LogP contribution in [0.3, 0.4) is 0 Å². The van der Waals surface area contributed by atoms with E-state index in [-0.39, 0.29) is 0 Å². The fraction of sp³-hybridized carbons (Fsp3) is 0.739. The third-order valence-corrected chi connectivity index (χ3v) is 7.11. The summed E-state index contributed by atoms with van der Waals surface area (Å²) < 4.78 is 0. The molecule has 4 aliphatic rings. The van der Waals surface area contributed by atoms with Crippen LogP contribution in [0.4, 0.5) is 0 Å². The highest BCUT2D eigenvalue weighted by Crippen LogP contribution is 2.66. The van der Waals surface area contributed by atoms with Gasteiger partial charge in [-0.1, -0.05) is 50.6 Å². The Hall–Kier alpha value is -0.820. The van der Waals surface area contributed by atoms with Crippen molar-refractivity contribution in [2.75, 3.05) is 6.54 Å². The van der Waals surface area contributed by atoms with Gasteiger partial charge in [-0.2, -0.15) is 0 Å². The van der Waals surface area contributed by atoms with Crippen LogP contribution in [0.1, 0.15) is 77.2 Å². The Balaban J connectivity index is 1.23. The lowest BCUT2D eigenvalue weighted by molar-refractivity contribution is -0.117. The monoisotopic (exact) mass is 325 g/mol. The molecule has 0 spiro atoms. The Morgan fingerprint density at radius 3 is 2.25 bits per heavy atom. The average Bonchev–Trinajstić information content (AvgIpc) is 2.48. The summed E-state index contributed by atoms with van der Waals surface area (Å²) in [6.45, 7) is 6.38. The number of hydrogen-bond donors (Lipinski definition) is 1. The highest BCUT2D eigenvalue weighted by atomic mass is 15.0.